The number of likely N-dealkylation sites (tertiary alicyclic amines) is 1. The fourth-order valence-electron chi connectivity index (χ4n) is 3.95. The molecule has 6 nitrogen and oxygen atoms in total. The number of halogens is 1. The molecule has 1 aromatic carbocycles. The van der Waals surface area contributed by atoms with Crippen LogP contribution >= 0.6 is 11.6 Å². The van der Waals surface area contributed by atoms with Gasteiger partial charge in [-0.05, 0) is 43.4 Å². The number of hydrogen-bond donors (Lipinski definition) is 2. The maximum atomic E-state index is 12.7. The first-order chi connectivity index (χ1) is 12.9. The zero-order valence-corrected chi connectivity index (χ0v) is 16.7. The van der Waals surface area contributed by atoms with E-state index in [-0.39, 0.29) is 18.2 Å². The summed E-state index contributed by atoms with van der Waals surface area (Å²) in [6.07, 6.45) is 1.19. The molecule has 1 amide bonds. The molecule has 7 heteroatoms. The van der Waals surface area contributed by atoms with Crippen LogP contribution in [-0.4, -0.2) is 48.0 Å². The number of nitrogens with one attached hydrogen (secondary N) is 2. The highest BCUT2D eigenvalue weighted by Crippen LogP contribution is 2.31. The number of hydrogen-bond acceptors (Lipinski definition) is 4. The second-order valence-electron chi connectivity index (χ2n) is 7.47. The van der Waals surface area contributed by atoms with Crippen molar-refractivity contribution in [2.24, 2.45) is 11.8 Å². The lowest BCUT2D eigenvalue weighted by molar-refractivity contribution is -0.117. The molecule has 0 saturated carbocycles. The van der Waals surface area contributed by atoms with Crippen LogP contribution in [0.3, 0.4) is 0 Å². The Morgan fingerprint density at radius 3 is 2.67 bits per heavy atom. The number of nitrogens with zero attached hydrogens (tertiary/aromatic N) is 1. The molecular weight excluding hydrogens is 366 g/mol. The van der Waals surface area contributed by atoms with Crippen molar-refractivity contribution in [1.29, 1.82) is 0 Å². The average molecular weight is 392 g/mol. The monoisotopic (exact) mass is 391 g/mol. The van der Waals surface area contributed by atoms with Crippen LogP contribution in [-0.2, 0) is 9.53 Å². The predicted octanol–water partition coefficient (Wildman–Crippen LogP) is 3.91. The fraction of sp³-hybridized carbons (Fsp3) is 0.500. The molecule has 0 aliphatic carbocycles. The van der Waals surface area contributed by atoms with Crippen LogP contribution in [0.4, 0.5) is 5.69 Å². The predicted molar refractivity (Wildman–Crippen MR) is 107 cm³/mol. The summed E-state index contributed by atoms with van der Waals surface area (Å²) in [6.45, 7) is 8.52. The lowest BCUT2D eigenvalue weighted by atomic mass is 9.92. The van der Waals surface area contributed by atoms with Gasteiger partial charge in [-0.3, -0.25) is 9.69 Å². The van der Waals surface area contributed by atoms with Crippen LogP contribution in [0, 0.1) is 11.8 Å². The van der Waals surface area contributed by atoms with Gasteiger partial charge in [0.05, 0.1) is 18.8 Å². The van der Waals surface area contributed by atoms with Gasteiger partial charge in [-0.2, -0.15) is 0 Å². The van der Waals surface area contributed by atoms with Crippen molar-refractivity contribution >= 4 is 40.1 Å². The van der Waals surface area contributed by atoms with Crippen LogP contribution in [0.5, 0.6) is 0 Å². The van der Waals surface area contributed by atoms with Crippen molar-refractivity contribution in [3.8, 4) is 0 Å². The minimum atomic E-state index is -0.500. The van der Waals surface area contributed by atoms with E-state index in [2.05, 4.69) is 29.0 Å². The van der Waals surface area contributed by atoms with Crippen LogP contribution < -0.4 is 5.32 Å². The molecule has 0 unspecified atom stereocenters. The molecule has 146 valence electrons. The van der Waals surface area contributed by atoms with Crippen molar-refractivity contribution in [2.75, 3.05) is 31.6 Å². The number of piperidine rings is 1. The SMILES string of the molecule is CCOC(=O)c1[nH]c2ccc(Cl)cc2c1NC(=O)CN1C[C@H](C)C[C@@H](C)C1. The Labute approximate surface area is 164 Å². The zero-order valence-electron chi connectivity index (χ0n) is 16.0. The number of H-pyrrole nitrogens is 1. The Kier molecular flexibility index (Phi) is 6.07. The van der Waals surface area contributed by atoms with E-state index in [1.54, 1.807) is 25.1 Å². The van der Waals surface area contributed by atoms with E-state index in [1.807, 2.05) is 0 Å². The molecule has 0 spiro atoms. The van der Waals surface area contributed by atoms with Crippen LogP contribution in [0.15, 0.2) is 18.2 Å². The van der Waals surface area contributed by atoms with Gasteiger partial charge in [0, 0.05) is 29.0 Å². The van der Waals surface area contributed by atoms with E-state index >= 15 is 0 Å². The Morgan fingerprint density at radius 1 is 1.30 bits per heavy atom. The van der Waals surface area contributed by atoms with Crippen molar-refractivity contribution < 1.29 is 14.3 Å². The maximum absolute atomic E-state index is 12.7. The van der Waals surface area contributed by atoms with Gasteiger partial charge in [0.25, 0.3) is 0 Å². The number of anilines is 1. The zero-order chi connectivity index (χ0) is 19.6. The van der Waals surface area contributed by atoms with Gasteiger partial charge in [0.15, 0.2) is 0 Å². The third-order valence-electron chi connectivity index (χ3n) is 4.82. The van der Waals surface area contributed by atoms with Gasteiger partial charge < -0.3 is 15.0 Å². The minimum absolute atomic E-state index is 0.150. The number of aromatic nitrogens is 1. The van der Waals surface area contributed by atoms with Gasteiger partial charge in [0.1, 0.15) is 5.69 Å². The third kappa shape index (κ3) is 4.62. The van der Waals surface area contributed by atoms with Crippen molar-refractivity contribution in [3.05, 3.63) is 28.9 Å². The number of aromatic amines is 1. The summed E-state index contributed by atoms with van der Waals surface area (Å²) < 4.78 is 5.12. The molecule has 1 aliphatic rings. The summed E-state index contributed by atoms with van der Waals surface area (Å²) in [7, 11) is 0. The van der Waals surface area contributed by atoms with E-state index in [0.29, 0.717) is 34.5 Å². The normalized spacial score (nSPS) is 20.6. The van der Waals surface area contributed by atoms with Gasteiger partial charge >= 0.3 is 5.97 Å². The van der Waals surface area contributed by atoms with Crippen molar-refractivity contribution in [1.82, 2.24) is 9.88 Å². The molecule has 1 aromatic heterocycles. The smallest absolute Gasteiger partial charge is 0.356 e. The van der Waals surface area contributed by atoms with Crippen LogP contribution in [0.1, 0.15) is 37.7 Å². The van der Waals surface area contributed by atoms with E-state index in [1.165, 1.54) is 6.42 Å². The molecule has 2 atom stereocenters. The van der Waals surface area contributed by atoms with E-state index in [4.69, 9.17) is 16.3 Å². The van der Waals surface area contributed by atoms with E-state index in [9.17, 15) is 9.59 Å². The fourth-order valence-corrected chi connectivity index (χ4v) is 4.13. The molecule has 1 fully saturated rings. The largest absolute Gasteiger partial charge is 0.461 e. The number of carbonyl (C=O) groups excluding carboxylic acids is 2. The van der Waals surface area contributed by atoms with Gasteiger partial charge in [-0.25, -0.2) is 4.79 Å². The Hall–Kier alpha value is -2.05. The number of amides is 1. The molecule has 1 saturated heterocycles. The summed E-state index contributed by atoms with van der Waals surface area (Å²) in [6, 6.07) is 5.25. The number of rotatable bonds is 5. The number of benzene rings is 1. The maximum Gasteiger partial charge on any atom is 0.356 e. The second-order valence-corrected chi connectivity index (χ2v) is 7.91. The first-order valence-electron chi connectivity index (χ1n) is 9.38. The molecule has 1 aliphatic heterocycles. The highest BCUT2D eigenvalue weighted by molar-refractivity contribution is 6.31. The Balaban J connectivity index is 1.83. The number of fused-ring (bicyclic) bond motifs is 1. The first kappa shape index (κ1) is 19.7. The van der Waals surface area contributed by atoms with Crippen LogP contribution in [0.25, 0.3) is 10.9 Å². The average Bonchev–Trinajstić information content (AvgIpc) is 2.92. The number of carbonyl (C=O) groups is 2. The highest BCUT2D eigenvalue weighted by atomic mass is 35.5. The molecule has 0 radical (unpaired) electrons. The molecule has 2 N–H and O–H groups in total. The summed E-state index contributed by atoms with van der Waals surface area (Å²) in [4.78, 5) is 30.2. The second kappa shape index (κ2) is 8.31. The Morgan fingerprint density at radius 2 is 2.00 bits per heavy atom. The Bertz CT molecular complexity index is 838. The lowest BCUT2D eigenvalue weighted by Crippen LogP contribution is -2.42. The summed E-state index contributed by atoms with van der Waals surface area (Å²) in [5.41, 5.74) is 1.38. The van der Waals surface area contributed by atoms with Gasteiger partial charge in [0.2, 0.25) is 5.91 Å². The topological polar surface area (TPSA) is 74.4 Å². The third-order valence-corrected chi connectivity index (χ3v) is 5.05. The summed E-state index contributed by atoms with van der Waals surface area (Å²) in [5.74, 6) is 0.496. The molecule has 2 heterocycles. The highest BCUT2D eigenvalue weighted by Gasteiger charge is 2.25. The lowest BCUT2D eigenvalue weighted by Gasteiger charge is -2.34. The van der Waals surface area contributed by atoms with Crippen LogP contribution in [0.2, 0.25) is 5.02 Å². The standard InChI is InChI=1S/C20H26ClN3O3/c1-4-27-20(26)19-18(15-8-14(21)5-6-16(15)22-19)23-17(25)11-24-9-12(2)7-13(3)10-24/h5-6,8,12-13,22H,4,7,9-11H2,1-3H3,(H,23,25)/t12-,13-/m1/s1. The van der Waals surface area contributed by atoms with Crippen molar-refractivity contribution in [2.45, 2.75) is 27.2 Å². The molecule has 3 rings (SSSR count). The minimum Gasteiger partial charge on any atom is -0.461 e. The molecule has 27 heavy (non-hydrogen) atoms. The van der Waals surface area contributed by atoms with Gasteiger partial charge in [-0.15, -0.1) is 0 Å². The number of esters is 1. The summed E-state index contributed by atoms with van der Waals surface area (Å²) >= 11 is 6.11. The molecule has 0 bridgehead atoms. The van der Waals surface area contributed by atoms with E-state index in [0.717, 1.165) is 18.6 Å². The quantitative estimate of drug-likeness (QED) is 0.757. The van der Waals surface area contributed by atoms with Crippen molar-refractivity contribution in [3.63, 3.8) is 0 Å². The van der Waals surface area contributed by atoms with E-state index < -0.39 is 5.97 Å². The van der Waals surface area contributed by atoms with Gasteiger partial charge in [-0.1, -0.05) is 25.4 Å². The molecule has 2 aromatic rings. The number of ether oxygens (including phenoxy) is 1. The summed E-state index contributed by atoms with van der Waals surface area (Å²) in [5, 5.41) is 4.13. The molecular formula is C20H26ClN3O3. The first-order valence-corrected chi connectivity index (χ1v) is 9.75.